The van der Waals surface area contributed by atoms with Gasteiger partial charge in [0.1, 0.15) is 0 Å². The van der Waals surface area contributed by atoms with E-state index in [-0.39, 0.29) is 6.03 Å². The first-order chi connectivity index (χ1) is 7.75. The summed E-state index contributed by atoms with van der Waals surface area (Å²) in [5.74, 6) is 0.579. The molecule has 1 aromatic rings. The fraction of sp³-hybridized carbons (Fsp3) is 0.636. The van der Waals surface area contributed by atoms with E-state index in [9.17, 15) is 4.79 Å². The third-order valence-corrected chi connectivity index (χ3v) is 3.77. The smallest absolute Gasteiger partial charge is 0.321 e. The molecule has 4 nitrogen and oxygen atoms in total. The van der Waals surface area contributed by atoms with Crippen LogP contribution in [0.1, 0.15) is 32.6 Å². The minimum absolute atomic E-state index is 0.131. The third kappa shape index (κ3) is 2.95. The van der Waals surface area contributed by atoms with Crippen molar-refractivity contribution in [3.63, 3.8) is 0 Å². The van der Waals surface area contributed by atoms with Gasteiger partial charge in [0, 0.05) is 17.6 Å². The quantitative estimate of drug-likeness (QED) is 0.833. The first kappa shape index (κ1) is 11.4. The Labute approximate surface area is 99.5 Å². The number of urea groups is 1. The predicted octanol–water partition coefficient (Wildman–Crippen LogP) is 2.84. The summed E-state index contributed by atoms with van der Waals surface area (Å²) in [4.78, 5) is 15.7. The van der Waals surface area contributed by atoms with Crippen molar-refractivity contribution in [3.05, 3.63) is 11.6 Å². The monoisotopic (exact) mass is 239 g/mol. The van der Waals surface area contributed by atoms with Crippen LogP contribution >= 0.6 is 11.3 Å². The van der Waals surface area contributed by atoms with Gasteiger partial charge in [-0.2, -0.15) is 0 Å². The highest BCUT2D eigenvalue weighted by molar-refractivity contribution is 7.13. The average Bonchev–Trinajstić information content (AvgIpc) is 2.74. The summed E-state index contributed by atoms with van der Waals surface area (Å²) in [5.41, 5.74) is 0. The zero-order chi connectivity index (χ0) is 11.4. The number of rotatable bonds is 2. The normalized spacial score (nSPS) is 25.1. The lowest BCUT2D eigenvalue weighted by molar-refractivity contribution is 0.232. The van der Waals surface area contributed by atoms with E-state index in [0.717, 1.165) is 6.42 Å². The van der Waals surface area contributed by atoms with Crippen molar-refractivity contribution >= 4 is 22.5 Å². The number of thiazole rings is 1. The first-order valence-electron chi connectivity index (χ1n) is 5.72. The predicted molar refractivity (Wildman–Crippen MR) is 65.7 cm³/mol. The van der Waals surface area contributed by atoms with Crippen LogP contribution in [0.2, 0.25) is 0 Å². The largest absolute Gasteiger partial charge is 0.335 e. The van der Waals surface area contributed by atoms with Crippen LogP contribution < -0.4 is 10.6 Å². The van der Waals surface area contributed by atoms with E-state index in [1.54, 1.807) is 6.20 Å². The molecule has 0 unspecified atom stereocenters. The van der Waals surface area contributed by atoms with E-state index < -0.39 is 0 Å². The molecule has 2 amide bonds. The van der Waals surface area contributed by atoms with Gasteiger partial charge in [0.05, 0.1) is 0 Å². The fourth-order valence-electron chi connectivity index (χ4n) is 2.12. The van der Waals surface area contributed by atoms with Gasteiger partial charge in [-0.15, -0.1) is 11.3 Å². The van der Waals surface area contributed by atoms with Crippen LogP contribution in [0.3, 0.4) is 0 Å². The number of aromatic nitrogens is 1. The fourth-order valence-corrected chi connectivity index (χ4v) is 2.64. The molecule has 1 aliphatic carbocycles. The van der Waals surface area contributed by atoms with Gasteiger partial charge in [0.25, 0.3) is 0 Å². The molecular weight excluding hydrogens is 222 g/mol. The Balaban J connectivity index is 1.82. The van der Waals surface area contributed by atoms with Crippen molar-refractivity contribution in [3.8, 4) is 0 Å². The standard InChI is InChI=1S/C11H17N3OS/c1-8-4-2-3-5-9(8)13-10(15)14-11-12-6-7-16-11/h6-9H,2-5H2,1H3,(H2,12,13,14,15)/t8-,9+/m0/s1. The van der Waals surface area contributed by atoms with Crippen molar-refractivity contribution in [1.29, 1.82) is 0 Å². The van der Waals surface area contributed by atoms with Crippen LogP contribution in [-0.4, -0.2) is 17.1 Å². The van der Waals surface area contributed by atoms with Crippen molar-refractivity contribution < 1.29 is 4.79 Å². The molecule has 5 heteroatoms. The molecule has 0 bridgehead atoms. The minimum Gasteiger partial charge on any atom is -0.335 e. The molecule has 2 rings (SSSR count). The summed E-state index contributed by atoms with van der Waals surface area (Å²) in [6.07, 6.45) is 6.48. The number of hydrogen-bond donors (Lipinski definition) is 2. The average molecular weight is 239 g/mol. The maximum absolute atomic E-state index is 11.7. The van der Waals surface area contributed by atoms with Crippen molar-refractivity contribution in [2.75, 3.05) is 5.32 Å². The number of carbonyl (C=O) groups excluding carboxylic acids is 1. The van der Waals surface area contributed by atoms with Gasteiger partial charge < -0.3 is 5.32 Å². The molecule has 1 heterocycles. The molecule has 88 valence electrons. The highest BCUT2D eigenvalue weighted by atomic mass is 32.1. The molecule has 1 saturated carbocycles. The second kappa shape index (κ2) is 5.30. The Bertz CT molecular complexity index is 339. The Kier molecular flexibility index (Phi) is 3.77. The molecule has 1 aliphatic rings. The number of nitrogens with zero attached hydrogens (tertiary/aromatic N) is 1. The van der Waals surface area contributed by atoms with Gasteiger partial charge in [0.15, 0.2) is 5.13 Å². The van der Waals surface area contributed by atoms with Gasteiger partial charge >= 0.3 is 6.03 Å². The molecule has 0 spiro atoms. The molecule has 0 radical (unpaired) electrons. The molecule has 1 aromatic heterocycles. The minimum atomic E-state index is -0.131. The molecule has 16 heavy (non-hydrogen) atoms. The van der Waals surface area contributed by atoms with Crippen LogP contribution in [0.25, 0.3) is 0 Å². The topological polar surface area (TPSA) is 54.0 Å². The summed E-state index contributed by atoms with van der Waals surface area (Å²) in [5, 5.41) is 8.27. The second-order valence-electron chi connectivity index (χ2n) is 4.30. The lowest BCUT2D eigenvalue weighted by Crippen LogP contribution is -2.43. The van der Waals surface area contributed by atoms with E-state index in [1.807, 2.05) is 5.38 Å². The SMILES string of the molecule is C[C@H]1CCCC[C@H]1NC(=O)Nc1nccs1. The highest BCUT2D eigenvalue weighted by Gasteiger charge is 2.22. The first-order valence-corrected chi connectivity index (χ1v) is 6.60. The lowest BCUT2D eigenvalue weighted by atomic mass is 9.86. The van der Waals surface area contributed by atoms with E-state index in [0.29, 0.717) is 17.1 Å². The van der Waals surface area contributed by atoms with E-state index in [4.69, 9.17) is 0 Å². The highest BCUT2D eigenvalue weighted by Crippen LogP contribution is 2.23. The summed E-state index contributed by atoms with van der Waals surface area (Å²) in [6, 6.07) is 0.183. The summed E-state index contributed by atoms with van der Waals surface area (Å²) in [6.45, 7) is 2.20. The number of nitrogens with one attached hydrogen (secondary N) is 2. The summed E-state index contributed by atoms with van der Waals surface area (Å²) in [7, 11) is 0. The van der Waals surface area contributed by atoms with Crippen LogP contribution in [0.4, 0.5) is 9.93 Å². The van der Waals surface area contributed by atoms with Crippen LogP contribution in [0, 0.1) is 5.92 Å². The number of carbonyl (C=O) groups is 1. The molecule has 1 fully saturated rings. The Morgan fingerprint density at radius 2 is 2.31 bits per heavy atom. The second-order valence-corrected chi connectivity index (χ2v) is 5.20. The Hall–Kier alpha value is -1.10. The lowest BCUT2D eigenvalue weighted by Gasteiger charge is -2.29. The van der Waals surface area contributed by atoms with E-state index in [1.165, 1.54) is 30.6 Å². The van der Waals surface area contributed by atoms with Gasteiger partial charge in [-0.25, -0.2) is 9.78 Å². The molecule has 0 aliphatic heterocycles. The maximum Gasteiger partial charge on any atom is 0.321 e. The van der Waals surface area contributed by atoms with E-state index in [2.05, 4.69) is 22.5 Å². The van der Waals surface area contributed by atoms with Crippen molar-refractivity contribution in [1.82, 2.24) is 10.3 Å². The summed E-state index contributed by atoms with van der Waals surface area (Å²) < 4.78 is 0. The number of hydrogen-bond acceptors (Lipinski definition) is 3. The molecule has 2 N–H and O–H groups in total. The maximum atomic E-state index is 11.7. The van der Waals surface area contributed by atoms with Crippen molar-refractivity contribution in [2.45, 2.75) is 38.6 Å². The number of anilines is 1. The molecule has 0 saturated heterocycles. The van der Waals surface area contributed by atoms with Crippen LogP contribution in [-0.2, 0) is 0 Å². The summed E-state index contributed by atoms with van der Waals surface area (Å²) >= 11 is 1.43. The molecule has 0 aromatic carbocycles. The van der Waals surface area contributed by atoms with Gasteiger partial charge in [-0.05, 0) is 18.8 Å². The number of amides is 2. The van der Waals surface area contributed by atoms with E-state index >= 15 is 0 Å². The Morgan fingerprint density at radius 1 is 1.50 bits per heavy atom. The zero-order valence-electron chi connectivity index (χ0n) is 9.40. The van der Waals surface area contributed by atoms with Gasteiger partial charge in [0.2, 0.25) is 0 Å². The van der Waals surface area contributed by atoms with Crippen LogP contribution in [0.5, 0.6) is 0 Å². The molecular formula is C11H17N3OS. The van der Waals surface area contributed by atoms with Gasteiger partial charge in [-0.3, -0.25) is 5.32 Å². The van der Waals surface area contributed by atoms with Crippen LogP contribution in [0.15, 0.2) is 11.6 Å². The van der Waals surface area contributed by atoms with Crippen molar-refractivity contribution in [2.24, 2.45) is 5.92 Å². The molecule has 2 atom stereocenters. The zero-order valence-corrected chi connectivity index (χ0v) is 10.2. The Morgan fingerprint density at radius 3 is 3.00 bits per heavy atom. The third-order valence-electron chi connectivity index (χ3n) is 3.08. The van der Waals surface area contributed by atoms with Gasteiger partial charge in [-0.1, -0.05) is 19.8 Å².